The standard InChI is InChI=1S/C18H24N2O4/c1-3-14-6-7-17(24-14)16-12-22-10-8-20(16)18(21)19-13(2)11-15-5-4-9-23-15/h4-7,9,13,16H,3,8,10-12H2,1-2H3,(H,19,21). The van der Waals surface area contributed by atoms with Gasteiger partial charge in [0.2, 0.25) is 0 Å². The molecule has 1 saturated heterocycles. The van der Waals surface area contributed by atoms with Crippen molar-refractivity contribution in [2.24, 2.45) is 0 Å². The van der Waals surface area contributed by atoms with Gasteiger partial charge in [-0.1, -0.05) is 6.92 Å². The summed E-state index contributed by atoms with van der Waals surface area (Å²) in [6.45, 7) is 5.55. The highest BCUT2D eigenvalue weighted by Crippen LogP contribution is 2.26. The van der Waals surface area contributed by atoms with Crippen LogP contribution < -0.4 is 5.32 Å². The zero-order valence-corrected chi connectivity index (χ0v) is 14.2. The Balaban J connectivity index is 1.64. The summed E-state index contributed by atoms with van der Waals surface area (Å²) in [5.41, 5.74) is 0. The SMILES string of the molecule is CCc1ccc(C2COCCN2C(=O)NC(C)Cc2ccco2)o1. The number of hydrogen-bond donors (Lipinski definition) is 1. The van der Waals surface area contributed by atoms with E-state index in [-0.39, 0.29) is 18.1 Å². The number of hydrogen-bond acceptors (Lipinski definition) is 4. The average molecular weight is 332 g/mol. The molecule has 0 aliphatic carbocycles. The Bertz CT molecular complexity index is 650. The van der Waals surface area contributed by atoms with E-state index in [2.05, 4.69) is 5.32 Å². The van der Waals surface area contributed by atoms with Gasteiger partial charge in [-0.2, -0.15) is 0 Å². The van der Waals surface area contributed by atoms with Crippen LogP contribution in [0.4, 0.5) is 4.79 Å². The number of nitrogens with zero attached hydrogens (tertiary/aromatic N) is 1. The van der Waals surface area contributed by atoms with Gasteiger partial charge in [-0.15, -0.1) is 0 Å². The Morgan fingerprint density at radius 1 is 1.38 bits per heavy atom. The summed E-state index contributed by atoms with van der Waals surface area (Å²) in [5.74, 6) is 2.56. The van der Waals surface area contributed by atoms with Gasteiger partial charge < -0.3 is 23.8 Å². The number of amides is 2. The molecule has 3 heterocycles. The van der Waals surface area contributed by atoms with Gasteiger partial charge in [0.25, 0.3) is 0 Å². The quantitative estimate of drug-likeness (QED) is 0.913. The molecule has 24 heavy (non-hydrogen) atoms. The second kappa shape index (κ2) is 7.57. The third-order valence-corrected chi connectivity index (χ3v) is 4.21. The number of furan rings is 2. The molecule has 0 saturated carbocycles. The smallest absolute Gasteiger partial charge is 0.318 e. The Morgan fingerprint density at radius 2 is 2.25 bits per heavy atom. The van der Waals surface area contributed by atoms with Crippen LogP contribution in [0.25, 0.3) is 0 Å². The van der Waals surface area contributed by atoms with E-state index < -0.39 is 0 Å². The first-order chi connectivity index (χ1) is 11.7. The molecule has 0 spiro atoms. The lowest BCUT2D eigenvalue weighted by Crippen LogP contribution is -2.50. The molecule has 2 aromatic heterocycles. The van der Waals surface area contributed by atoms with Crippen molar-refractivity contribution in [3.8, 4) is 0 Å². The van der Waals surface area contributed by atoms with Gasteiger partial charge in [-0.25, -0.2) is 4.79 Å². The molecule has 0 radical (unpaired) electrons. The number of ether oxygens (including phenoxy) is 1. The van der Waals surface area contributed by atoms with Crippen LogP contribution in [0.15, 0.2) is 39.4 Å². The van der Waals surface area contributed by atoms with Crippen molar-refractivity contribution in [2.75, 3.05) is 19.8 Å². The van der Waals surface area contributed by atoms with Crippen molar-refractivity contribution in [1.29, 1.82) is 0 Å². The molecule has 1 fully saturated rings. The van der Waals surface area contributed by atoms with E-state index in [0.29, 0.717) is 26.2 Å². The minimum absolute atomic E-state index is 0.0186. The number of morpholine rings is 1. The molecule has 6 heteroatoms. The molecule has 2 atom stereocenters. The second-order valence-electron chi connectivity index (χ2n) is 6.08. The van der Waals surface area contributed by atoms with Crippen molar-refractivity contribution in [2.45, 2.75) is 38.8 Å². The largest absolute Gasteiger partial charge is 0.469 e. The number of carbonyl (C=O) groups excluding carboxylic acids is 1. The van der Waals surface area contributed by atoms with Gasteiger partial charge in [0.05, 0.1) is 19.5 Å². The third-order valence-electron chi connectivity index (χ3n) is 4.21. The van der Waals surface area contributed by atoms with Crippen LogP contribution in [-0.4, -0.2) is 36.7 Å². The molecule has 2 unspecified atom stereocenters. The van der Waals surface area contributed by atoms with Crippen molar-refractivity contribution >= 4 is 6.03 Å². The highest BCUT2D eigenvalue weighted by atomic mass is 16.5. The van der Waals surface area contributed by atoms with E-state index >= 15 is 0 Å². The number of rotatable bonds is 5. The van der Waals surface area contributed by atoms with Crippen molar-refractivity contribution in [1.82, 2.24) is 10.2 Å². The van der Waals surface area contributed by atoms with Gasteiger partial charge >= 0.3 is 6.03 Å². The molecule has 6 nitrogen and oxygen atoms in total. The van der Waals surface area contributed by atoms with Crippen molar-refractivity contribution in [3.05, 3.63) is 47.8 Å². The topological polar surface area (TPSA) is 67.8 Å². The molecule has 0 bridgehead atoms. The summed E-state index contributed by atoms with van der Waals surface area (Å²) in [6.07, 6.45) is 3.14. The maximum absolute atomic E-state index is 12.7. The first-order valence-corrected chi connectivity index (χ1v) is 8.43. The lowest BCUT2D eigenvalue weighted by Gasteiger charge is -2.35. The van der Waals surface area contributed by atoms with E-state index in [0.717, 1.165) is 23.7 Å². The fraction of sp³-hybridized carbons (Fsp3) is 0.500. The maximum atomic E-state index is 12.7. The van der Waals surface area contributed by atoms with Gasteiger partial charge in [-0.3, -0.25) is 0 Å². The van der Waals surface area contributed by atoms with E-state index in [1.807, 2.05) is 38.1 Å². The summed E-state index contributed by atoms with van der Waals surface area (Å²) in [5, 5.41) is 3.04. The van der Waals surface area contributed by atoms with Crippen LogP contribution in [0.5, 0.6) is 0 Å². The average Bonchev–Trinajstić information content (AvgIpc) is 3.26. The van der Waals surface area contributed by atoms with E-state index in [1.54, 1.807) is 11.2 Å². The molecule has 2 aromatic rings. The molecule has 130 valence electrons. The molecule has 3 rings (SSSR count). The highest BCUT2D eigenvalue weighted by Gasteiger charge is 2.31. The minimum atomic E-state index is -0.185. The van der Waals surface area contributed by atoms with Crippen LogP contribution in [0, 0.1) is 0 Å². The first-order valence-electron chi connectivity index (χ1n) is 8.43. The summed E-state index contributed by atoms with van der Waals surface area (Å²) in [7, 11) is 0. The van der Waals surface area contributed by atoms with E-state index in [4.69, 9.17) is 13.6 Å². The Hall–Kier alpha value is -2.21. The van der Waals surface area contributed by atoms with Gasteiger partial charge in [-0.05, 0) is 31.2 Å². The number of nitrogens with one attached hydrogen (secondary N) is 1. The van der Waals surface area contributed by atoms with Gasteiger partial charge in [0.15, 0.2) is 0 Å². The normalized spacial score (nSPS) is 19.2. The maximum Gasteiger partial charge on any atom is 0.318 e. The predicted octanol–water partition coefficient (Wildman–Crippen LogP) is 3.15. The molecular weight excluding hydrogens is 308 g/mol. The van der Waals surface area contributed by atoms with E-state index in [1.165, 1.54) is 0 Å². The zero-order valence-electron chi connectivity index (χ0n) is 14.2. The van der Waals surface area contributed by atoms with Crippen LogP contribution in [0.3, 0.4) is 0 Å². The van der Waals surface area contributed by atoms with Crippen LogP contribution in [-0.2, 0) is 17.6 Å². The van der Waals surface area contributed by atoms with Crippen LogP contribution in [0.1, 0.15) is 37.2 Å². The predicted molar refractivity (Wildman–Crippen MR) is 88.8 cm³/mol. The third kappa shape index (κ3) is 3.82. The molecule has 0 aromatic carbocycles. The summed E-state index contributed by atoms with van der Waals surface area (Å²) in [6, 6.07) is 7.35. The second-order valence-corrected chi connectivity index (χ2v) is 6.08. The fourth-order valence-electron chi connectivity index (χ4n) is 2.92. The molecular formula is C18H24N2O4. The van der Waals surface area contributed by atoms with E-state index in [9.17, 15) is 4.79 Å². The summed E-state index contributed by atoms with van der Waals surface area (Å²) >= 11 is 0. The first kappa shape index (κ1) is 16.6. The summed E-state index contributed by atoms with van der Waals surface area (Å²) < 4.78 is 16.7. The van der Waals surface area contributed by atoms with Crippen molar-refractivity contribution in [3.63, 3.8) is 0 Å². The monoisotopic (exact) mass is 332 g/mol. The van der Waals surface area contributed by atoms with Crippen molar-refractivity contribution < 1.29 is 18.4 Å². The van der Waals surface area contributed by atoms with Gasteiger partial charge in [0, 0.05) is 25.4 Å². The lowest BCUT2D eigenvalue weighted by atomic mass is 10.1. The highest BCUT2D eigenvalue weighted by molar-refractivity contribution is 5.75. The number of urea groups is 1. The number of aryl methyl sites for hydroxylation is 1. The fourth-order valence-corrected chi connectivity index (χ4v) is 2.92. The Morgan fingerprint density at radius 3 is 2.96 bits per heavy atom. The zero-order chi connectivity index (χ0) is 16.9. The minimum Gasteiger partial charge on any atom is -0.469 e. The Kier molecular flexibility index (Phi) is 5.25. The Labute approximate surface area is 141 Å². The molecule has 1 aliphatic heterocycles. The van der Waals surface area contributed by atoms with Crippen LogP contribution >= 0.6 is 0 Å². The molecule has 1 aliphatic rings. The number of carbonyl (C=O) groups is 1. The molecule has 1 N–H and O–H groups in total. The van der Waals surface area contributed by atoms with Crippen LogP contribution in [0.2, 0.25) is 0 Å². The molecule has 2 amide bonds. The van der Waals surface area contributed by atoms with Gasteiger partial charge in [0.1, 0.15) is 23.3 Å². The summed E-state index contributed by atoms with van der Waals surface area (Å²) in [4.78, 5) is 14.5. The lowest BCUT2D eigenvalue weighted by molar-refractivity contribution is 0.00349.